The maximum absolute atomic E-state index is 12.1. The zero-order chi connectivity index (χ0) is 19.8. The van der Waals surface area contributed by atoms with Crippen LogP contribution in [0.3, 0.4) is 0 Å². The first-order valence-electron chi connectivity index (χ1n) is 8.74. The average molecular weight is 461 g/mol. The maximum Gasteiger partial charge on any atom is 0.262 e. The Morgan fingerprint density at radius 2 is 1.71 bits per heavy atom. The summed E-state index contributed by atoms with van der Waals surface area (Å²) in [6.45, 7) is 0.495. The van der Waals surface area contributed by atoms with E-state index in [1.807, 2.05) is 30.3 Å². The van der Waals surface area contributed by atoms with E-state index in [4.69, 9.17) is 21.1 Å². The molecular formula is C22H19BrClNO3. The molecule has 6 heteroatoms. The van der Waals surface area contributed by atoms with Gasteiger partial charge in [0, 0.05) is 17.1 Å². The van der Waals surface area contributed by atoms with Gasteiger partial charge in [0.2, 0.25) is 0 Å². The number of nitrogens with one attached hydrogen (secondary N) is 1. The molecule has 28 heavy (non-hydrogen) atoms. The largest absolute Gasteiger partial charge is 0.493 e. The van der Waals surface area contributed by atoms with Crippen molar-refractivity contribution < 1.29 is 14.3 Å². The predicted octanol–water partition coefficient (Wildman–Crippen LogP) is 5.74. The summed E-state index contributed by atoms with van der Waals surface area (Å²) in [6.07, 6.45) is 0.844. The van der Waals surface area contributed by atoms with Crippen LogP contribution in [0.5, 0.6) is 11.5 Å². The Bertz CT molecular complexity index is 917. The van der Waals surface area contributed by atoms with E-state index in [2.05, 4.69) is 33.4 Å². The quantitative estimate of drug-likeness (QED) is 0.466. The fourth-order valence-electron chi connectivity index (χ4n) is 2.50. The molecule has 0 spiro atoms. The molecule has 0 radical (unpaired) electrons. The van der Waals surface area contributed by atoms with Crippen LogP contribution in [0.4, 0.5) is 5.69 Å². The van der Waals surface area contributed by atoms with Gasteiger partial charge in [0.15, 0.2) is 6.61 Å². The zero-order valence-electron chi connectivity index (χ0n) is 15.0. The maximum atomic E-state index is 12.1. The highest BCUT2D eigenvalue weighted by molar-refractivity contribution is 9.10. The van der Waals surface area contributed by atoms with Crippen molar-refractivity contribution in [2.75, 3.05) is 18.5 Å². The first kappa shape index (κ1) is 20.2. The molecule has 0 unspecified atom stereocenters. The molecule has 0 fully saturated rings. The second kappa shape index (κ2) is 10.2. The smallest absolute Gasteiger partial charge is 0.262 e. The van der Waals surface area contributed by atoms with Crippen LogP contribution >= 0.6 is 27.5 Å². The number of benzene rings is 3. The monoisotopic (exact) mass is 459 g/mol. The second-order valence-electron chi connectivity index (χ2n) is 6.02. The van der Waals surface area contributed by atoms with Crippen molar-refractivity contribution in [3.8, 4) is 11.5 Å². The lowest BCUT2D eigenvalue weighted by atomic mass is 10.2. The number of anilines is 1. The molecule has 0 aliphatic heterocycles. The molecule has 0 heterocycles. The lowest BCUT2D eigenvalue weighted by Gasteiger charge is -2.10. The summed E-state index contributed by atoms with van der Waals surface area (Å²) < 4.78 is 11.9. The first-order chi connectivity index (χ1) is 13.6. The fourth-order valence-corrected chi connectivity index (χ4v) is 3.30. The van der Waals surface area contributed by atoms with Gasteiger partial charge in [-0.25, -0.2) is 0 Å². The Balaban J connectivity index is 1.43. The highest BCUT2D eigenvalue weighted by atomic mass is 79.9. The van der Waals surface area contributed by atoms with Gasteiger partial charge in [0.1, 0.15) is 11.5 Å². The van der Waals surface area contributed by atoms with Gasteiger partial charge in [0.25, 0.3) is 5.91 Å². The van der Waals surface area contributed by atoms with E-state index in [-0.39, 0.29) is 12.5 Å². The van der Waals surface area contributed by atoms with Crippen molar-refractivity contribution >= 4 is 39.1 Å². The molecule has 3 aromatic carbocycles. The number of carbonyl (C=O) groups is 1. The highest BCUT2D eigenvalue weighted by Crippen LogP contribution is 2.28. The van der Waals surface area contributed by atoms with Crippen molar-refractivity contribution in [3.63, 3.8) is 0 Å². The minimum Gasteiger partial charge on any atom is -0.493 e. The topological polar surface area (TPSA) is 47.6 Å². The number of carbonyl (C=O) groups excluding carboxylic acids is 1. The summed E-state index contributed by atoms with van der Waals surface area (Å²) in [5.41, 5.74) is 1.91. The third-order valence-electron chi connectivity index (χ3n) is 3.89. The molecule has 3 aromatic rings. The Labute approximate surface area is 177 Å². The Morgan fingerprint density at radius 3 is 2.43 bits per heavy atom. The van der Waals surface area contributed by atoms with Crippen LogP contribution in [0.15, 0.2) is 77.3 Å². The van der Waals surface area contributed by atoms with E-state index in [1.165, 1.54) is 5.56 Å². The van der Waals surface area contributed by atoms with E-state index in [9.17, 15) is 4.79 Å². The summed E-state index contributed by atoms with van der Waals surface area (Å²) in [5, 5.41) is 3.38. The minimum absolute atomic E-state index is 0.102. The summed E-state index contributed by atoms with van der Waals surface area (Å²) in [5.74, 6) is 1.07. The summed E-state index contributed by atoms with van der Waals surface area (Å²) in [7, 11) is 0. The number of halogens is 2. The van der Waals surface area contributed by atoms with Crippen LogP contribution in [-0.2, 0) is 11.2 Å². The number of hydrogen-bond acceptors (Lipinski definition) is 3. The Hall–Kier alpha value is -2.50. The van der Waals surface area contributed by atoms with E-state index < -0.39 is 0 Å². The summed E-state index contributed by atoms with van der Waals surface area (Å²) in [4.78, 5) is 12.1. The van der Waals surface area contributed by atoms with E-state index >= 15 is 0 Å². The molecule has 144 valence electrons. The standard InChI is InChI=1S/C22H19BrClNO3/c23-20-14-17(24)6-11-21(20)28-15-22(26)25-18-7-9-19(10-8-18)27-13-12-16-4-2-1-3-5-16/h1-11,14H,12-13,15H2,(H,25,26). The van der Waals surface area contributed by atoms with Crippen LogP contribution in [0.1, 0.15) is 5.56 Å². The van der Waals surface area contributed by atoms with Crippen molar-refractivity contribution in [2.24, 2.45) is 0 Å². The molecule has 0 aliphatic rings. The number of rotatable bonds is 8. The molecule has 3 rings (SSSR count). The van der Waals surface area contributed by atoms with Crippen LogP contribution in [-0.4, -0.2) is 19.1 Å². The Kier molecular flexibility index (Phi) is 7.34. The molecule has 1 amide bonds. The van der Waals surface area contributed by atoms with Crippen LogP contribution in [0, 0.1) is 0 Å². The molecule has 0 saturated carbocycles. The van der Waals surface area contributed by atoms with E-state index in [1.54, 1.807) is 30.3 Å². The van der Waals surface area contributed by atoms with Gasteiger partial charge in [-0.1, -0.05) is 41.9 Å². The van der Waals surface area contributed by atoms with Gasteiger partial charge >= 0.3 is 0 Å². The number of ether oxygens (including phenoxy) is 2. The van der Waals surface area contributed by atoms with Crippen LogP contribution in [0.25, 0.3) is 0 Å². The molecule has 0 aromatic heterocycles. The normalized spacial score (nSPS) is 10.4. The van der Waals surface area contributed by atoms with Gasteiger partial charge in [-0.2, -0.15) is 0 Å². The second-order valence-corrected chi connectivity index (χ2v) is 7.31. The highest BCUT2D eigenvalue weighted by Gasteiger charge is 2.07. The number of amides is 1. The first-order valence-corrected chi connectivity index (χ1v) is 9.92. The van der Waals surface area contributed by atoms with Crippen molar-refractivity contribution in [2.45, 2.75) is 6.42 Å². The van der Waals surface area contributed by atoms with Gasteiger partial charge in [0.05, 0.1) is 11.1 Å². The molecule has 0 aliphatic carbocycles. The molecule has 0 saturated heterocycles. The SMILES string of the molecule is O=C(COc1ccc(Cl)cc1Br)Nc1ccc(OCCc2ccccc2)cc1. The lowest BCUT2D eigenvalue weighted by molar-refractivity contribution is -0.118. The van der Waals surface area contributed by atoms with Gasteiger partial charge in [-0.15, -0.1) is 0 Å². The third kappa shape index (κ3) is 6.29. The zero-order valence-corrected chi connectivity index (χ0v) is 17.4. The lowest BCUT2D eigenvalue weighted by Crippen LogP contribution is -2.20. The predicted molar refractivity (Wildman–Crippen MR) is 115 cm³/mol. The fraction of sp³-hybridized carbons (Fsp3) is 0.136. The van der Waals surface area contributed by atoms with Crippen LogP contribution < -0.4 is 14.8 Å². The van der Waals surface area contributed by atoms with Crippen molar-refractivity contribution in [1.29, 1.82) is 0 Å². The van der Waals surface area contributed by atoms with E-state index in [0.29, 0.717) is 27.5 Å². The average Bonchev–Trinajstić information content (AvgIpc) is 2.69. The molecule has 4 nitrogen and oxygen atoms in total. The molecule has 0 bridgehead atoms. The van der Waals surface area contributed by atoms with Crippen molar-refractivity contribution in [3.05, 3.63) is 87.9 Å². The molecule has 0 atom stereocenters. The molecule has 1 N–H and O–H groups in total. The van der Waals surface area contributed by atoms with Gasteiger partial charge < -0.3 is 14.8 Å². The van der Waals surface area contributed by atoms with Gasteiger partial charge in [-0.3, -0.25) is 4.79 Å². The number of hydrogen-bond donors (Lipinski definition) is 1. The minimum atomic E-state index is -0.250. The van der Waals surface area contributed by atoms with Gasteiger partial charge in [-0.05, 0) is 64.0 Å². The summed E-state index contributed by atoms with van der Waals surface area (Å²) in [6, 6.07) is 22.6. The Morgan fingerprint density at radius 1 is 0.964 bits per heavy atom. The molecular weight excluding hydrogens is 442 g/mol. The third-order valence-corrected chi connectivity index (χ3v) is 4.75. The van der Waals surface area contributed by atoms with E-state index in [0.717, 1.165) is 12.2 Å². The van der Waals surface area contributed by atoms with Crippen LogP contribution in [0.2, 0.25) is 5.02 Å². The summed E-state index contributed by atoms with van der Waals surface area (Å²) >= 11 is 9.24. The van der Waals surface area contributed by atoms with Crippen molar-refractivity contribution in [1.82, 2.24) is 0 Å².